The molecule has 4 nitrogen and oxygen atoms in total. The molecule has 4 heteroatoms. The number of hydrogen-bond acceptors (Lipinski definition) is 4. The summed E-state index contributed by atoms with van der Waals surface area (Å²) in [6.07, 6.45) is 1.04. The average Bonchev–Trinajstić information content (AvgIpc) is 2.59. The lowest BCUT2D eigenvalue weighted by atomic mass is 10.2. The molecule has 0 aromatic carbocycles. The molecule has 0 fully saturated rings. The molecule has 0 spiro atoms. The van der Waals surface area contributed by atoms with Crippen LogP contribution in [-0.2, 0) is 17.8 Å². The monoisotopic (exact) mass is 226 g/mol. The highest BCUT2D eigenvalue weighted by atomic mass is 16.5. The third-order valence-corrected chi connectivity index (χ3v) is 2.61. The Morgan fingerprint density at radius 2 is 2.25 bits per heavy atom. The maximum atomic E-state index is 5.63. The highest BCUT2D eigenvalue weighted by molar-refractivity contribution is 5.20. The van der Waals surface area contributed by atoms with Gasteiger partial charge in [-0.05, 0) is 26.5 Å². The number of rotatable bonds is 7. The van der Waals surface area contributed by atoms with Crippen molar-refractivity contribution in [1.29, 1.82) is 0 Å². The van der Waals surface area contributed by atoms with Gasteiger partial charge < -0.3 is 14.9 Å². The predicted molar refractivity (Wildman–Crippen MR) is 64.2 cm³/mol. The molecule has 0 aliphatic carbocycles. The second-order valence-electron chi connectivity index (χ2n) is 4.08. The van der Waals surface area contributed by atoms with Gasteiger partial charge >= 0.3 is 0 Å². The van der Waals surface area contributed by atoms with Crippen LogP contribution in [0.3, 0.4) is 0 Å². The van der Waals surface area contributed by atoms with E-state index in [0.717, 1.165) is 43.2 Å². The smallest absolute Gasteiger partial charge is 0.118 e. The zero-order valence-corrected chi connectivity index (χ0v) is 10.5. The van der Waals surface area contributed by atoms with Crippen LogP contribution < -0.4 is 5.73 Å². The maximum Gasteiger partial charge on any atom is 0.118 e. The summed E-state index contributed by atoms with van der Waals surface area (Å²) >= 11 is 0. The van der Waals surface area contributed by atoms with E-state index in [-0.39, 0.29) is 0 Å². The fourth-order valence-electron chi connectivity index (χ4n) is 1.69. The van der Waals surface area contributed by atoms with Crippen LogP contribution >= 0.6 is 0 Å². The largest absolute Gasteiger partial charge is 0.465 e. The van der Waals surface area contributed by atoms with Crippen LogP contribution in [-0.4, -0.2) is 32.2 Å². The molecule has 1 aromatic rings. The zero-order valence-electron chi connectivity index (χ0n) is 10.5. The Balaban J connectivity index is 2.40. The van der Waals surface area contributed by atoms with Gasteiger partial charge in [-0.2, -0.15) is 0 Å². The molecule has 0 radical (unpaired) electrons. The van der Waals surface area contributed by atoms with E-state index in [0.29, 0.717) is 6.54 Å². The lowest BCUT2D eigenvalue weighted by molar-refractivity contribution is 0.175. The summed E-state index contributed by atoms with van der Waals surface area (Å²) in [5.41, 5.74) is 6.70. The van der Waals surface area contributed by atoms with E-state index in [4.69, 9.17) is 14.9 Å². The van der Waals surface area contributed by atoms with Gasteiger partial charge in [0.2, 0.25) is 0 Å². The van der Waals surface area contributed by atoms with Gasteiger partial charge in [-0.3, -0.25) is 4.90 Å². The van der Waals surface area contributed by atoms with E-state index in [1.807, 2.05) is 13.0 Å². The first-order valence-corrected chi connectivity index (χ1v) is 5.63. The highest BCUT2D eigenvalue weighted by Crippen LogP contribution is 2.15. The first-order chi connectivity index (χ1) is 7.67. The van der Waals surface area contributed by atoms with Crippen molar-refractivity contribution >= 4 is 0 Å². The van der Waals surface area contributed by atoms with Crippen molar-refractivity contribution < 1.29 is 9.15 Å². The molecular formula is C12H22N2O2. The van der Waals surface area contributed by atoms with Crippen LogP contribution in [0, 0.1) is 6.92 Å². The summed E-state index contributed by atoms with van der Waals surface area (Å²) in [6.45, 7) is 5.13. The van der Waals surface area contributed by atoms with E-state index in [2.05, 4.69) is 11.9 Å². The number of nitrogens with zero attached hydrogens (tertiary/aromatic N) is 1. The Kier molecular flexibility index (Phi) is 5.52. The van der Waals surface area contributed by atoms with Gasteiger partial charge in [0.15, 0.2) is 0 Å². The number of nitrogens with two attached hydrogens (primary N) is 1. The van der Waals surface area contributed by atoms with Gasteiger partial charge in [-0.15, -0.1) is 0 Å². The molecule has 1 aromatic heterocycles. The van der Waals surface area contributed by atoms with Crippen molar-refractivity contribution in [2.75, 3.05) is 27.3 Å². The molecule has 1 heterocycles. The van der Waals surface area contributed by atoms with Gasteiger partial charge in [0.05, 0.1) is 6.54 Å². The molecule has 0 aliphatic rings. The molecule has 2 N–H and O–H groups in total. The Hall–Kier alpha value is -0.840. The summed E-state index contributed by atoms with van der Waals surface area (Å²) in [7, 11) is 3.80. The van der Waals surface area contributed by atoms with Crippen molar-refractivity contribution in [2.45, 2.75) is 26.4 Å². The van der Waals surface area contributed by atoms with Gasteiger partial charge in [-0.25, -0.2) is 0 Å². The quantitative estimate of drug-likeness (QED) is 0.716. The minimum absolute atomic E-state index is 0.544. The Labute approximate surface area is 97.4 Å². The van der Waals surface area contributed by atoms with Gasteiger partial charge in [0.1, 0.15) is 11.5 Å². The summed E-state index contributed by atoms with van der Waals surface area (Å²) in [5, 5.41) is 0. The third-order valence-electron chi connectivity index (χ3n) is 2.61. The number of methoxy groups -OCH3 is 1. The van der Waals surface area contributed by atoms with Crippen LogP contribution in [0.15, 0.2) is 10.5 Å². The van der Waals surface area contributed by atoms with E-state index in [9.17, 15) is 0 Å². The topological polar surface area (TPSA) is 51.6 Å². The van der Waals surface area contributed by atoms with Crippen molar-refractivity contribution in [3.63, 3.8) is 0 Å². The Morgan fingerprint density at radius 1 is 1.50 bits per heavy atom. The highest BCUT2D eigenvalue weighted by Gasteiger charge is 2.08. The van der Waals surface area contributed by atoms with Gasteiger partial charge in [0.25, 0.3) is 0 Å². The van der Waals surface area contributed by atoms with Crippen LogP contribution in [0.5, 0.6) is 0 Å². The number of furan rings is 1. The number of ether oxygens (including phenoxy) is 1. The second-order valence-corrected chi connectivity index (χ2v) is 4.08. The fourth-order valence-corrected chi connectivity index (χ4v) is 1.69. The lowest BCUT2D eigenvalue weighted by Crippen LogP contribution is -2.19. The van der Waals surface area contributed by atoms with Crippen molar-refractivity contribution in [3.8, 4) is 0 Å². The van der Waals surface area contributed by atoms with E-state index < -0.39 is 0 Å². The lowest BCUT2D eigenvalue weighted by Gasteiger charge is -2.14. The molecular weight excluding hydrogens is 204 g/mol. The Bertz CT molecular complexity index is 310. The summed E-state index contributed by atoms with van der Waals surface area (Å²) in [4.78, 5) is 2.22. The van der Waals surface area contributed by atoms with Crippen LogP contribution in [0.2, 0.25) is 0 Å². The van der Waals surface area contributed by atoms with Crippen molar-refractivity contribution in [2.24, 2.45) is 5.73 Å². The predicted octanol–water partition coefficient (Wildman–Crippen LogP) is 1.52. The SMILES string of the molecule is COCCCN(C)Cc1cc(CN)c(C)o1. The molecule has 0 bridgehead atoms. The van der Waals surface area contributed by atoms with Crippen molar-refractivity contribution in [3.05, 3.63) is 23.2 Å². The minimum Gasteiger partial charge on any atom is -0.465 e. The minimum atomic E-state index is 0.544. The van der Waals surface area contributed by atoms with Crippen LogP contribution in [0.25, 0.3) is 0 Å². The normalized spacial score (nSPS) is 11.3. The second kappa shape index (κ2) is 6.68. The fraction of sp³-hybridized carbons (Fsp3) is 0.667. The van der Waals surface area contributed by atoms with Gasteiger partial charge in [0, 0.05) is 32.4 Å². The van der Waals surface area contributed by atoms with E-state index >= 15 is 0 Å². The summed E-state index contributed by atoms with van der Waals surface area (Å²) < 4.78 is 10.6. The first-order valence-electron chi connectivity index (χ1n) is 5.63. The molecule has 1 rings (SSSR count). The van der Waals surface area contributed by atoms with Crippen LogP contribution in [0.1, 0.15) is 23.5 Å². The summed E-state index contributed by atoms with van der Waals surface area (Å²) in [6, 6.07) is 2.04. The average molecular weight is 226 g/mol. The molecule has 0 atom stereocenters. The standard InChI is InChI=1S/C12H22N2O2/c1-10-11(8-13)7-12(16-10)9-14(2)5-4-6-15-3/h7H,4-6,8-9,13H2,1-3H3. The number of hydrogen-bond donors (Lipinski definition) is 1. The molecule has 0 unspecified atom stereocenters. The summed E-state index contributed by atoms with van der Waals surface area (Å²) in [5.74, 6) is 1.92. The third kappa shape index (κ3) is 3.96. The molecule has 16 heavy (non-hydrogen) atoms. The van der Waals surface area contributed by atoms with E-state index in [1.165, 1.54) is 0 Å². The zero-order chi connectivity index (χ0) is 12.0. The molecule has 92 valence electrons. The van der Waals surface area contributed by atoms with Crippen LogP contribution in [0.4, 0.5) is 0 Å². The van der Waals surface area contributed by atoms with E-state index in [1.54, 1.807) is 7.11 Å². The maximum absolute atomic E-state index is 5.63. The molecule has 0 saturated carbocycles. The molecule has 0 amide bonds. The number of aryl methyl sites for hydroxylation is 1. The molecule has 0 saturated heterocycles. The Morgan fingerprint density at radius 3 is 2.81 bits per heavy atom. The first kappa shape index (κ1) is 13.2. The molecule has 0 aliphatic heterocycles. The van der Waals surface area contributed by atoms with Gasteiger partial charge in [-0.1, -0.05) is 0 Å². The van der Waals surface area contributed by atoms with Crippen molar-refractivity contribution in [1.82, 2.24) is 4.90 Å².